The summed E-state index contributed by atoms with van der Waals surface area (Å²) in [7, 11) is 1.30. The second-order valence-corrected chi connectivity index (χ2v) is 4.39. The predicted octanol–water partition coefficient (Wildman–Crippen LogP) is 3.06. The van der Waals surface area contributed by atoms with Gasteiger partial charge in [-0.05, 0) is 25.1 Å². The van der Waals surface area contributed by atoms with Crippen molar-refractivity contribution in [2.75, 3.05) is 7.11 Å². The van der Waals surface area contributed by atoms with Crippen molar-refractivity contribution in [3.8, 4) is 0 Å². The molecule has 0 fully saturated rings. The fourth-order valence-corrected chi connectivity index (χ4v) is 1.80. The highest BCUT2D eigenvalue weighted by Gasteiger charge is 2.15. The van der Waals surface area contributed by atoms with Crippen LogP contribution in [0.25, 0.3) is 0 Å². The SMILES string of the molecule is COC(=O)c1ccc(C(C)NCc2ccccc2F)o1. The first-order valence-corrected chi connectivity index (χ1v) is 6.26. The van der Waals surface area contributed by atoms with E-state index in [-0.39, 0.29) is 17.6 Å². The van der Waals surface area contributed by atoms with Crippen molar-refractivity contribution >= 4 is 5.97 Å². The summed E-state index contributed by atoms with van der Waals surface area (Å²) < 4.78 is 23.4. The highest BCUT2D eigenvalue weighted by atomic mass is 19.1. The maximum atomic E-state index is 13.5. The molecule has 0 aliphatic rings. The van der Waals surface area contributed by atoms with E-state index in [4.69, 9.17) is 4.42 Å². The Labute approximate surface area is 116 Å². The van der Waals surface area contributed by atoms with Crippen molar-refractivity contribution < 1.29 is 18.3 Å². The van der Waals surface area contributed by atoms with E-state index < -0.39 is 5.97 Å². The van der Waals surface area contributed by atoms with Gasteiger partial charge < -0.3 is 14.5 Å². The molecule has 0 radical (unpaired) electrons. The van der Waals surface area contributed by atoms with Crippen molar-refractivity contribution in [2.45, 2.75) is 19.5 Å². The number of esters is 1. The molecule has 2 aromatic rings. The normalized spacial score (nSPS) is 12.2. The molecule has 2 rings (SSSR count). The number of ether oxygens (including phenoxy) is 1. The zero-order valence-electron chi connectivity index (χ0n) is 11.4. The molecule has 1 atom stereocenters. The van der Waals surface area contributed by atoms with Crippen molar-refractivity contribution in [1.29, 1.82) is 0 Å². The van der Waals surface area contributed by atoms with Gasteiger partial charge in [0.1, 0.15) is 11.6 Å². The summed E-state index contributed by atoms with van der Waals surface area (Å²) in [5.41, 5.74) is 0.582. The van der Waals surface area contributed by atoms with Gasteiger partial charge in [-0.2, -0.15) is 0 Å². The Balaban J connectivity index is 1.98. The minimum absolute atomic E-state index is 0.145. The predicted molar refractivity (Wildman–Crippen MR) is 71.7 cm³/mol. The van der Waals surface area contributed by atoms with Gasteiger partial charge in [-0.1, -0.05) is 18.2 Å². The molecule has 20 heavy (non-hydrogen) atoms. The fraction of sp³-hybridized carbons (Fsp3) is 0.267. The molecule has 0 bridgehead atoms. The highest BCUT2D eigenvalue weighted by Crippen LogP contribution is 2.18. The molecule has 0 spiro atoms. The van der Waals surface area contributed by atoms with E-state index in [1.165, 1.54) is 13.2 Å². The van der Waals surface area contributed by atoms with Crippen LogP contribution in [-0.2, 0) is 11.3 Å². The van der Waals surface area contributed by atoms with Crippen LogP contribution in [0.2, 0.25) is 0 Å². The molecule has 106 valence electrons. The van der Waals surface area contributed by atoms with Crippen molar-refractivity contribution in [1.82, 2.24) is 5.32 Å². The van der Waals surface area contributed by atoms with Crippen LogP contribution >= 0.6 is 0 Å². The standard InChI is InChI=1S/C15H16FNO3/c1-10(13-7-8-14(20-13)15(18)19-2)17-9-11-5-3-4-6-12(11)16/h3-8,10,17H,9H2,1-2H3. The van der Waals surface area contributed by atoms with E-state index in [0.717, 1.165) is 0 Å². The second-order valence-electron chi connectivity index (χ2n) is 4.39. The van der Waals surface area contributed by atoms with Crippen LogP contribution in [0.15, 0.2) is 40.8 Å². The summed E-state index contributed by atoms with van der Waals surface area (Å²) in [6.45, 7) is 2.25. The van der Waals surface area contributed by atoms with E-state index in [1.54, 1.807) is 30.3 Å². The molecule has 0 amide bonds. The van der Waals surface area contributed by atoms with Crippen molar-refractivity contribution in [3.05, 3.63) is 59.3 Å². The molecular formula is C15H16FNO3. The van der Waals surface area contributed by atoms with E-state index in [0.29, 0.717) is 17.9 Å². The molecule has 4 nitrogen and oxygen atoms in total. The number of hydrogen-bond donors (Lipinski definition) is 1. The number of hydrogen-bond acceptors (Lipinski definition) is 4. The summed E-state index contributed by atoms with van der Waals surface area (Å²) in [5, 5.41) is 3.14. The minimum atomic E-state index is -0.516. The van der Waals surface area contributed by atoms with Gasteiger partial charge in [0.2, 0.25) is 5.76 Å². The molecule has 0 saturated carbocycles. The number of carbonyl (C=O) groups excluding carboxylic acids is 1. The summed E-state index contributed by atoms with van der Waals surface area (Å²) >= 11 is 0. The van der Waals surface area contributed by atoms with Gasteiger partial charge in [-0.15, -0.1) is 0 Å². The molecule has 0 aliphatic heterocycles. The number of methoxy groups -OCH3 is 1. The van der Waals surface area contributed by atoms with Gasteiger partial charge >= 0.3 is 5.97 Å². The largest absolute Gasteiger partial charge is 0.463 e. The third kappa shape index (κ3) is 3.24. The lowest BCUT2D eigenvalue weighted by atomic mass is 10.2. The van der Waals surface area contributed by atoms with E-state index in [9.17, 15) is 9.18 Å². The first-order chi connectivity index (χ1) is 9.61. The fourth-order valence-electron chi connectivity index (χ4n) is 1.80. The monoisotopic (exact) mass is 277 g/mol. The van der Waals surface area contributed by atoms with E-state index >= 15 is 0 Å². The molecule has 1 unspecified atom stereocenters. The quantitative estimate of drug-likeness (QED) is 0.853. The van der Waals surface area contributed by atoms with Crippen LogP contribution < -0.4 is 5.32 Å². The lowest BCUT2D eigenvalue weighted by Gasteiger charge is -2.11. The molecule has 5 heteroatoms. The summed E-state index contributed by atoms with van der Waals surface area (Å²) in [5.74, 6) is -0.0109. The van der Waals surface area contributed by atoms with Crippen molar-refractivity contribution in [3.63, 3.8) is 0 Å². The van der Waals surface area contributed by atoms with Crippen LogP contribution in [0.5, 0.6) is 0 Å². The van der Waals surface area contributed by atoms with Crippen molar-refractivity contribution in [2.24, 2.45) is 0 Å². The Morgan fingerprint density at radius 1 is 1.35 bits per heavy atom. The van der Waals surface area contributed by atoms with Crippen LogP contribution in [0.1, 0.15) is 34.8 Å². The Bertz CT molecular complexity index is 594. The maximum absolute atomic E-state index is 13.5. The van der Waals surface area contributed by atoms with E-state index in [2.05, 4.69) is 10.1 Å². The molecular weight excluding hydrogens is 261 g/mol. The zero-order valence-corrected chi connectivity index (χ0v) is 11.4. The minimum Gasteiger partial charge on any atom is -0.463 e. The van der Waals surface area contributed by atoms with Crippen LogP contribution in [0.3, 0.4) is 0 Å². The smallest absolute Gasteiger partial charge is 0.373 e. The molecule has 0 saturated heterocycles. The Morgan fingerprint density at radius 3 is 2.80 bits per heavy atom. The van der Waals surface area contributed by atoms with Gasteiger partial charge in [0.25, 0.3) is 0 Å². The molecule has 1 aromatic carbocycles. The average molecular weight is 277 g/mol. The van der Waals surface area contributed by atoms with Gasteiger partial charge in [0, 0.05) is 12.1 Å². The first kappa shape index (κ1) is 14.3. The van der Waals surface area contributed by atoms with Gasteiger partial charge in [-0.25, -0.2) is 9.18 Å². The molecule has 0 aliphatic carbocycles. The number of furan rings is 1. The third-order valence-electron chi connectivity index (χ3n) is 3.00. The van der Waals surface area contributed by atoms with E-state index in [1.807, 2.05) is 6.92 Å². The molecule has 1 aromatic heterocycles. The lowest BCUT2D eigenvalue weighted by molar-refractivity contribution is 0.0562. The van der Waals surface area contributed by atoms with Gasteiger partial charge in [0.05, 0.1) is 13.2 Å². The van der Waals surface area contributed by atoms with Crippen LogP contribution in [0, 0.1) is 5.82 Å². The van der Waals surface area contributed by atoms with Crippen LogP contribution in [-0.4, -0.2) is 13.1 Å². The Kier molecular flexibility index (Phi) is 4.53. The summed E-state index contributed by atoms with van der Waals surface area (Å²) in [4.78, 5) is 11.3. The maximum Gasteiger partial charge on any atom is 0.373 e. The number of rotatable bonds is 5. The summed E-state index contributed by atoms with van der Waals surface area (Å²) in [6.07, 6.45) is 0. The Hall–Kier alpha value is -2.14. The zero-order chi connectivity index (χ0) is 14.5. The number of halogens is 1. The Morgan fingerprint density at radius 2 is 2.10 bits per heavy atom. The lowest BCUT2D eigenvalue weighted by Crippen LogP contribution is -2.18. The first-order valence-electron chi connectivity index (χ1n) is 6.26. The number of nitrogens with one attached hydrogen (secondary N) is 1. The number of carbonyl (C=O) groups is 1. The molecule has 1 heterocycles. The molecule has 1 N–H and O–H groups in total. The second kappa shape index (κ2) is 6.34. The topological polar surface area (TPSA) is 51.5 Å². The average Bonchev–Trinajstić information content (AvgIpc) is 2.95. The summed E-state index contributed by atoms with van der Waals surface area (Å²) in [6, 6.07) is 9.69. The third-order valence-corrected chi connectivity index (χ3v) is 3.00. The number of benzene rings is 1. The van der Waals surface area contributed by atoms with Crippen LogP contribution in [0.4, 0.5) is 4.39 Å². The van der Waals surface area contributed by atoms with Gasteiger partial charge in [0.15, 0.2) is 0 Å². The van der Waals surface area contributed by atoms with Gasteiger partial charge in [-0.3, -0.25) is 0 Å². The highest BCUT2D eigenvalue weighted by molar-refractivity contribution is 5.86.